The van der Waals surface area contributed by atoms with Gasteiger partial charge in [-0.3, -0.25) is 28.6 Å². The topological polar surface area (TPSA) is 162 Å². The summed E-state index contributed by atoms with van der Waals surface area (Å²) in [7, 11) is -1.68. The van der Waals surface area contributed by atoms with Crippen LogP contribution < -0.4 is 15.8 Å². The molecule has 196 valence electrons. The van der Waals surface area contributed by atoms with Crippen LogP contribution in [0, 0.1) is 11.6 Å². The van der Waals surface area contributed by atoms with Gasteiger partial charge in [0.05, 0.1) is 6.16 Å². The molecule has 0 radical (unpaired) electrons. The first-order valence-corrected chi connectivity index (χ1v) is 12.4. The zero-order valence-electron chi connectivity index (χ0n) is 19.3. The third-order valence-electron chi connectivity index (χ3n) is 5.65. The Morgan fingerprint density at radius 2 is 1.94 bits per heavy atom. The quantitative estimate of drug-likeness (QED) is 0.335. The van der Waals surface area contributed by atoms with Crippen LogP contribution in [0.15, 0.2) is 29.2 Å². The molecule has 36 heavy (non-hydrogen) atoms. The summed E-state index contributed by atoms with van der Waals surface area (Å²) >= 11 is 0. The van der Waals surface area contributed by atoms with Crippen molar-refractivity contribution in [3.05, 3.63) is 63.1 Å². The highest BCUT2D eigenvalue weighted by atomic mass is 31.2. The smallest absolute Gasteiger partial charge is 0.327 e. The number of benzene rings is 1. The normalized spacial score (nSPS) is 15.7. The number of hydrogen-bond donors (Lipinski definition) is 4. The highest BCUT2D eigenvalue weighted by Gasteiger charge is 2.39. The molecule has 0 spiro atoms. The van der Waals surface area contributed by atoms with Gasteiger partial charge < -0.3 is 29.8 Å². The molecule has 1 unspecified atom stereocenters. The fraction of sp³-hybridized carbons (Fsp3) is 0.381. The monoisotopic (exact) mass is 530 g/mol. The molecule has 1 atom stereocenters. The van der Waals surface area contributed by atoms with Crippen LogP contribution in [0.2, 0.25) is 0 Å². The van der Waals surface area contributed by atoms with Crippen LogP contribution in [0.4, 0.5) is 8.78 Å². The van der Waals surface area contributed by atoms with E-state index >= 15 is 0 Å². The van der Waals surface area contributed by atoms with E-state index in [2.05, 4.69) is 5.32 Å². The Kier molecular flexibility index (Phi) is 8.14. The Balaban J connectivity index is 2.03. The summed E-state index contributed by atoms with van der Waals surface area (Å²) in [5.74, 6) is -4.56. The van der Waals surface area contributed by atoms with Crippen LogP contribution in [0.3, 0.4) is 0 Å². The van der Waals surface area contributed by atoms with E-state index in [9.17, 15) is 42.6 Å². The summed E-state index contributed by atoms with van der Waals surface area (Å²) in [5, 5.41) is 14.2. The molecular formula is C21H25F2N4O8P. The van der Waals surface area contributed by atoms with Gasteiger partial charge in [-0.15, -0.1) is 0 Å². The van der Waals surface area contributed by atoms with Crippen molar-refractivity contribution >= 4 is 19.4 Å². The minimum absolute atomic E-state index is 0.0632. The molecule has 1 aliphatic rings. The highest BCUT2D eigenvalue weighted by Crippen LogP contribution is 2.35. The molecule has 2 amide bonds. The second-order valence-electron chi connectivity index (χ2n) is 8.06. The number of nitrogens with one attached hydrogen (secondary N) is 1. The fourth-order valence-corrected chi connectivity index (χ4v) is 4.26. The lowest BCUT2D eigenvalue weighted by Gasteiger charge is -2.45. The summed E-state index contributed by atoms with van der Waals surface area (Å²) in [6.07, 6.45) is -0.269. The number of amides is 2. The highest BCUT2D eigenvalue weighted by molar-refractivity contribution is 7.51. The van der Waals surface area contributed by atoms with Gasteiger partial charge in [0.1, 0.15) is 23.4 Å². The molecule has 0 saturated heterocycles. The number of carbonyl (C=O) groups is 2. The molecule has 15 heteroatoms. The van der Waals surface area contributed by atoms with Gasteiger partial charge >= 0.3 is 7.60 Å². The number of halogens is 2. The van der Waals surface area contributed by atoms with Gasteiger partial charge in [-0.25, -0.2) is 8.78 Å². The minimum atomic E-state index is -4.49. The predicted molar refractivity (Wildman–Crippen MR) is 122 cm³/mol. The van der Waals surface area contributed by atoms with Crippen LogP contribution in [-0.4, -0.2) is 75.9 Å². The predicted octanol–water partition coefficient (Wildman–Crippen LogP) is 0.326. The van der Waals surface area contributed by atoms with Gasteiger partial charge in [-0.1, -0.05) is 6.07 Å². The van der Waals surface area contributed by atoms with Crippen LogP contribution in [-0.2, 0) is 15.8 Å². The van der Waals surface area contributed by atoms with Crippen molar-refractivity contribution in [3.63, 3.8) is 0 Å². The lowest BCUT2D eigenvalue weighted by Crippen LogP contribution is -2.61. The first-order chi connectivity index (χ1) is 16.9. The van der Waals surface area contributed by atoms with Crippen molar-refractivity contribution < 1.29 is 42.6 Å². The Morgan fingerprint density at radius 3 is 2.56 bits per heavy atom. The SMILES string of the molecule is COCCC1N(C)C(=O)c2c(O)c(=O)c(C(=O)NCc3ccc(F)cc3F)cn2N1CCP(=O)(O)O. The maximum Gasteiger partial charge on any atom is 0.327 e. The van der Waals surface area contributed by atoms with Crippen molar-refractivity contribution in [1.29, 1.82) is 0 Å². The van der Waals surface area contributed by atoms with Crippen molar-refractivity contribution in [2.45, 2.75) is 19.1 Å². The molecule has 0 bridgehead atoms. The summed E-state index contributed by atoms with van der Waals surface area (Å²) in [4.78, 5) is 58.5. The van der Waals surface area contributed by atoms with E-state index < -0.39 is 72.4 Å². The van der Waals surface area contributed by atoms with E-state index in [1.54, 1.807) is 0 Å². The summed E-state index contributed by atoms with van der Waals surface area (Å²) < 4.78 is 44.7. The largest absolute Gasteiger partial charge is 0.502 e. The number of methoxy groups -OCH3 is 1. The average Bonchev–Trinajstić information content (AvgIpc) is 2.80. The van der Waals surface area contributed by atoms with E-state index in [0.29, 0.717) is 6.07 Å². The van der Waals surface area contributed by atoms with Crippen LogP contribution in [0.5, 0.6) is 5.75 Å². The number of rotatable bonds is 9. The van der Waals surface area contributed by atoms with Crippen molar-refractivity contribution in [2.24, 2.45) is 0 Å². The van der Waals surface area contributed by atoms with Gasteiger partial charge in [-0.2, -0.15) is 0 Å². The third-order valence-corrected chi connectivity index (χ3v) is 6.44. The third kappa shape index (κ3) is 5.73. The minimum Gasteiger partial charge on any atom is -0.502 e. The zero-order valence-corrected chi connectivity index (χ0v) is 20.2. The van der Waals surface area contributed by atoms with Gasteiger partial charge in [0, 0.05) is 58.1 Å². The number of nitrogens with zero attached hydrogens (tertiary/aromatic N) is 3. The molecule has 12 nitrogen and oxygen atoms in total. The molecule has 1 aromatic heterocycles. The molecular weight excluding hydrogens is 505 g/mol. The second-order valence-corrected chi connectivity index (χ2v) is 9.84. The zero-order chi connectivity index (χ0) is 26.8. The van der Waals surface area contributed by atoms with E-state index in [-0.39, 0.29) is 25.1 Å². The molecule has 2 aromatic rings. The molecule has 2 heterocycles. The number of aromatic hydroxyl groups is 1. The standard InChI is InChI=1S/C21H25F2N4O8P/c1-25-16(5-7-35-2)26(6-8-36(32,33)34)27-11-14(18(28)19(29)17(27)21(25)31)20(30)24-10-12-3-4-13(22)9-15(12)23/h3-4,9,11,16,29H,5-8,10H2,1-2H3,(H,24,30)(H2,32,33,34). The Bertz CT molecular complexity index is 1280. The Labute approximate surface area is 203 Å². The maximum absolute atomic E-state index is 13.9. The number of carbonyl (C=O) groups excluding carboxylic acids is 2. The van der Waals surface area contributed by atoms with Gasteiger partial charge in [-0.05, 0) is 6.07 Å². The van der Waals surface area contributed by atoms with E-state index in [0.717, 1.165) is 23.0 Å². The molecule has 0 aliphatic carbocycles. The molecule has 1 aliphatic heterocycles. The average molecular weight is 530 g/mol. The van der Waals surface area contributed by atoms with Crippen molar-refractivity contribution in [2.75, 3.05) is 38.5 Å². The number of fused-ring (bicyclic) bond motifs is 1. The number of ether oxygens (including phenoxy) is 1. The van der Waals surface area contributed by atoms with E-state index in [1.165, 1.54) is 24.1 Å². The van der Waals surface area contributed by atoms with Crippen LogP contribution in [0.1, 0.15) is 32.8 Å². The van der Waals surface area contributed by atoms with Gasteiger partial charge in [0.15, 0.2) is 11.4 Å². The first-order valence-electron chi connectivity index (χ1n) is 10.6. The van der Waals surface area contributed by atoms with Gasteiger partial charge in [0.2, 0.25) is 5.43 Å². The van der Waals surface area contributed by atoms with E-state index in [4.69, 9.17) is 4.74 Å². The number of pyridine rings is 1. The van der Waals surface area contributed by atoms with Crippen LogP contribution in [0.25, 0.3) is 0 Å². The fourth-order valence-electron chi connectivity index (χ4n) is 3.79. The molecule has 0 fully saturated rings. The summed E-state index contributed by atoms with van der Waals surface area (Å²) in [5.41, 5.74) is -2.34. The molecule has 1 aromatic carbocycles. The van der Waals surface area contributed by atoms with E-state index in [1.807, 2.05) is 0 Å². The molecule has 4 N–H and O–H groups in total. The lowest BCUT2D eigenvalue weighted by atomic mass is 10.1. The summed E-state index contributed by atoms with van der Waals surface area (Å²) in [6, 6.07) is 2.73. The summed E-state index contributed by atoms with van der Waals surface area (Å²) in [6.45, 7) is -0.562. The first kappa shape index (κ1) is 27.3. The molecule has 0 saturated carbocycles. The van der Waals surface area contributed by atoms with Gasteiger partial charge in [0.25, 0.3) is 11.8 Å². The maximum atomic E-state index is 13.9. The lowest BCUT2D eigenvalue weighted by molar-refractivity contribution is 0.0576. The molecule has 3 rings (SSSR count). The second kappa shape index (κ2) is 10.7. The number of hydrogen-bond acceptors (Lipinski definition) is 7. The number of aromatic nitrogens is 1. The van der Waals surface area contributed by atoms with Crippen LogP contribution >= 0.6 is 7.60 Å². The Morgan fingerprint density at radius 1 is 1.25 bits per heavy atom. The van der Waals surface area contributed by atoms with Crippen molar-refractivity contribution in [1.82, 2.24) is 14.9 Å². The van der Waals surface area contributed by atoms with Crippen molar-refractivity contribution in [3.8, 4) is 5.75 Å². The Hall–Kier alpha value is -3.32.